The molecule has 0 aromatic rings. The summed E-state index contributed by atoms with van der Waals surface area (Å²) in [5.41, 5.74) is 0. The molecule has 0 spiro atoms. The number of rotatable bonds is 7. The van der Waals surface area contributed by atoms with Gasteiger partial charge in [0.1, 0.15) is 0 Å². The van der Waals surface area contributed by atoms with Crippen LogP contribution in [0.2, 0.25) is 0 Å². The molecule has 0 aromatic heterocycles. The molecular formula is C7H12Cl5OP. The van der Waals surface area contributed by atoms with Gasteiger partial charge in [-0.15, -0.1) is 11.6 Å². The van der Waals surface area contributed by atoms with Gasteiger partial charge < -0.3 is 0 Å². The minimum Gasteiger partial charge on any atom is -0.286 e. The quantitative estimate of drug-likeness (QED) is 0.320. The molecule has 7 heteroatoms. The highest BCUT2D eigenvalue weighted by Crippen LogP contribution is 2.72. The van der Waals surface area contributed by atoms with Gasteiger partial charge in [0.05, 0.1) is 0 Å². The first-order valence-corrected chi connectivity index (χ1v) is 9.05. The van der Waals surface area contributed by atoms with Crippen molar-refractivity contribution >= 4 is 63.1 Å². The fourth-order valence-corrected chi connectivity index (χ4v) is 2.30. The van der Waals surface area contributed by atoms with E-state index in [1.807, 2.05) is 0 Å². The molecule has 0 saturated heterocycles. The van der Waals surface area contributed by atoms with Gasteiger partial charge in [-0.25, -0.2) is 0 Å². The third-order valence-corrected chi connectivity index (χ3v) is 7.57. The van der Waals surface area contributed by atoms with E-state index < -0.39 is 9.92 Å². The van der Waals surface area contributed by atoms with Crippen LogP contribution in [0.15, 0.2) is 0 Å². The van der Waals surface area contributed by atoms with Gasteiger partial charge in [-0.3, -0.25) is 4.57 Å². The van der Waals surface area contributed by atoms with Gasteiger partial charge in [0.2, 0.25) is 0 Å². The topological polar surface area (TPSA) is 17.1 Å². The third-order valence-electron chi connectivity index (χ3n) is 1.74. The Hall–Kier alpha value is 1.68. The fourth-order valence-electron chi connectivity index (χ4n) is 0.916. The van der Waals surface area contributed by atoms with E-state index in [0.717, 1.165) is 25.7 Å². The van der Waals surface area contributed by atoms with Crippen molar-refractivity contribution in [2.24, 2.45) is 0 Å². The standard InChI is InChI=1S/C7H12Cl5OP/c8-6-4-2-1-3-5-7(9,10)14(11,12)13/h1-6H2. The summed E-state index contributed by atoms with van der Waals surface area (Å²) in [5.74, 6) is -2.83. The highest BCUT2D eigenvalue weighted by molar-refractivity contribution is 8.11. The van der Waals surface area contributed by atoms with E-state index in [4.69, 9.17) is 57.3 Å². The lowest BCUT2D eigenvalue weighted by molar-refractivity contribution is 0.578. The number of hydrogen-bond donors (Lipinski definition) is 0. The Morgan fingerprint density at radius 1 is 1.00 bits per heavy atom. The van der Waals surface area contributed by atoms with Gasteiger partial charge in [0.15, 0.2) is 4.07 Å². The molecule has 0 amide bonds. The van der Waals surface area contributed by atoms with Gasteiger partial charge in [-0.2, -0.15) is 0 Å². The molecule has 14 heavy (non-hydrogen) atoms. The molecule has 0 bridgehead atoms. The first-order chi connectivity index (χ1) is 6.31. The summed E-state index contributed by atoms with van der Waals surface area (Å²) in [6.45, 7) is 0. The molecule has 0 rings (SSSR count). The Morgan fingerprint density at radius 2 is 1.50 bits per heavy atom. The van der Waals surface area contributed by atoms with Gasteiger partial charge in [0, 0.05) is 5.88 Å². The number of halogens is 5. The molecule has 0 aromatic carbocycles. The highest BCUT2D eigenvalue weighted by Gasteiger charge is 2.42. The van der Waals surface area contributed by atoms with Crippen LogP contribution in [-0.2, 0) is 4.57 Å². The maximum atomic E-state index is 11.2. The second-order valence-electron chi connectivity index (χ2n) is 2.98. The summed E-state index contributed by atoms with van der Waals surface area (Å²) < 4.78 is 9.69. The molecule has 0 atom stereocenters. The molecule has 0 heterocycles. The van der Waals surface area contributed by atoms with Crippen LogP contribution in [0.1, 0.15) is 32.1 Å². The molecular weight excluding hydrogens is 308 g/mol. The largest absolute Gasteiger partial charge is 0.287 e. The van der Waals surface area contributed by atoms with Gasteiger partial charge in [-0.05, 0) is 41.7 Å². The van der Waals surface area contributed by atoms with E-state index in [9.17, 15) is 4.57 Å². The van der Waals surface area contributed by atoms with E-state index in [-0.39, 0.29) is 0 Å². The monoisotopic (exact) mass is 318 g/mol. The average Bonchev–Trinajstić information content (AvgIpc) is 2.02. The zero-order valence-corrected chi connectivity index (χ0v) is 12.2. The normalized spacial score (nSPS) is 13.2. The van der Waals surface area contributed by atoms with Gasteiger partial charge in [-0.1, -0.05) is 36.0 Å². The molecule has 86 valence electrons. The van der Waals surface area contributed by atoms with Crippen molar-refractivity contribution < 1.29 is 4.57 Å². The van der Waals surface area contributed by atoms with Crippen LogP contribution in [-0.4, -0.2) is 9.95 Å². The highest BCUT2D eigenvalue weighted by atomic mass is 35.9. The second-order valence-corrected chi connectivity index (χ2v) is 10.4. The Kier molecular flexibility index (Phi) is 7.94. The molecule has 0 radical (unpaired) electrons. The summed E-state index contributed by atoms with van der Waals surface area (Å²) in [6.07, 6.45) is 3.97. The molecule has 1 nitrogen and oxygen atoms in total. The van der Waals surface area contributed by atoms with E-state index in [0.29, 0.717) is 12.3 Å². The van der Waals surface area contributed by atoms with Crippen LogP contribution in [0.4, 0.5) is 0 Å². The van der Waals surface area contributed by atoms with Crippen molar-refractivity contribution in [1.29, 1.82) is 0 Å². The summed E-state index contributed by atoms with van der Waals surface area (Å²) in [5, 5.41) is 0. The molecule has 0 aliphatic heterocycles. The first-order valence-electron chi connectivity index (χ1n) is 4.24. The molecule has 0 saturated carbocycles. The zero-order valence-electron chi connectivity index (χ0n) is 7.49. The average molecular weight is 320 g/mol. The number of unbranched alkanes of at least 4 members (excludes halogenated alkanes) is 3. The van der Waals surface area contributed by atoms with Crippen LogP contribution in [0.3, 0.4) is 0 Å². The summed E-state index contributed by atoms with van der Waals surface area (Å²) in [4.78, 5) is 0. The smallest absolute Gasteiger partial charge is 0.286 e. The Balaban J connectivity index is 3.73. The lowest BCUT2D eigenvalue weighted by Crippen LogP contribution is -2.07. The van der Waals surface area contributed by atoms with E-state index >= 15 is 0 Å². The maximum Gasteiger partial charge on any atom is 0.287 e. The van der Waals surface area contributed by atoms with E-state index in [1.165, 1.54) is 0 Å². The zero-order chi connectivity index (χ0) is 11.2. The Morgan fingerprint density at radius 3 is 1.93 bits per heavy atom. The van der Waals surface area contributed by atoms with Crippen LogP contribution < -0.4 is 0 Å². The summed E-state index contributed by atoms with van der Waals surface area (Å²) in [6, 6.07) is 0. The SMILES string of the molecule is O=P(Cl)(Cl)C(Cl)(Cl)CCCCCCCl. The van der Waals surface area contributed by atoms with Crippen molar-refractivity contribution in [2.45, 2.75) is 36.2 Å². The molecule has 0 fully saturated rings. The van der Waals surface area contributed by atoms with Crippen molar-refractivity contribution in [3.05, 3.63) is 0 Å². The Labute approximate surface area is 109 Å². The number of alkyl halides is 3. The fraction of sp³-hybridized carbons (Fsp3) is 1.00. The van der Waals surface area contributed by atoms with Crippen LogP contribution in [0.25, 0.3) is 0 Å². The van der Waals surface area contributed by atoms with Crippen molar-refractivity contribution in [2.75, 3.05) is 5.88 Å². The van der Waals surface area contributed by atoms with Gasteiger partial charge >= 0.3 is 0 Å². The summed E-state index contributed by atoms with van der Waals surface area (Å²) in [7, 11) is 0. The lowest BCUT2D eigenvalue weighted by atomic mass is 10.2. The van der Waals surface area contributed by atoms with Crippen LogP contribution in [0, 0.1) is 0 Å². The van der Waals surface area contributed by atoms with Gasteiger partial charge in [0.25, 0.3) is 5.85 Å². The predicted octanol–water partition coefficient (Wildman–Crippen LogP) is 5.98. The maximum absolute atomic E-state index is 11.2. The molecule has 0 aliphatic rings. The third kappa shape index (κ3) is 6.30. The van der Waals surface area contributed by atoms with Crippen LogP contribution in [0.5, 0.6) is 0 Å². The molecule has 0 N–H and O–H groups in total. The Bertz CT molecular complexity index is 202. The second kappa shape index (κ2) is 7.09. The summed E-state index contributed by atoms with van der Waals surface area (Å²) >= 11 is 27.8. The van der Waals surface area contributed by atoms with Crippen molar-refractivity contribution in [3.8, 4) is 0 Å². The van der Waals surface area contributed by atoms with Crippen molar-refractivity contribution in [3.63, 3.8) is 0 Å². The minimum atomic E-state index is -3.47. The first kappa shape index (κ1) is 15.7. The minimum absolute atomic E-state index is 0.336. The van der Waals surface area contributed by atoms with E-state index in [2.05, 4.69) is 0 Å². The van der Waals surface area contributed by atoms with Crippen LogP contribution >= 0.6 is 63.1 Å². The van der Waals surface area contributed by atoms with E-state index in [1.54, 1.807) is 0 Å². The number of hydrogen-bond acceptors (Lipinski definition) is 1. The predicted molar refractivity (Wildman–Crippen MR) is 67.6 cm³/mol. The molecule has 0 aliphatic carbocycles. The lowest BCUT2D eigenvalue weighted by Gasteiger charge is -2.19. The van der Waals surface area contributed by atoms with Crippen molar-refractivity contribution in [1.82, 2.24) is 0 Å². The molecule has 0 unspecified atom stereocenters.